The average molecular weight is 426 g/mol. The van der Waals surface area contributed by atoms with Crippen LogP contribution in [0.2, 0.25) is 0 Å². The number of nitrogens with one attached hydrogen (secondary N) is 1. The Kier molecular flexibility index (Phi) is 8.00. The van der Waals surface area contributed by atoms with E-state index >= 15 is 0 Å². The first-order valence-corrected chi connectivity index (χ1v) is 9.95. The summed E-state index contributed by atoms with van der Waals surface area (Å²) >= 11 is 3.31. The molecule has 1 amide bonds. The van der Waals surface area contributed by atoms with Gasteiger partial charge in [0.2, 0.25) is 5.91 Å². The topological polar surface area (TPSA) is 89.3 Å². The molecular weight excluding hydrogens is 404 g/mol. The van der Waals surface area contributed by atoms with Crippen molar-refractivity contribution in [2.24, 2.45) is 11.7 Å². The summed E-state index contributed by atoms with van der Waals surface area (Å²) in [6, 6.07) is 7.10. The van der Waals surface area contributed by atoms with E-state index in [-0.39, 0.29) is 30.1 Å². The molecule has 0 radical (unpaired) electrons. The van der Waals surface area contributed by atoms with E-state index in [1.165, 1.54) is 0 Å². The maximum absolute atomic E-state index is 12.1. The summed E-state index contributed by atoms with van der Waals surface area (Å²) in [5, 5.41) is 2.83. The van der Waals surface area contributed by atoms with Crippen LogP contribution in [0.15, 0.2) is 28.7 Å². The number of nitrogens with two attached hydrogens (primary N) is 1. The largest absolute Gasteiger partial charge is 0.352 e. The monoisotopic (exact) mass is 424 g/mol. The number of sulfone groups is 1. The number of amides is 1. The Bertz CT molecular complexity index is 639. The molecule has 0 bridgehead atoms. The van der Waals surface area contributed by atoms with E-state index in [2.05, 4.69) is 21.2 Å². The van der Waals surface area contributed by atoms with Gasteiger partial charge in [-0.2, -0.15) is 0 Å². The van der Waals surface area contributed by atoms with Crippen LogP contribution >= 0.6 is 28.3 Å². The molecule has 8 heteroatoms. The molecule has 0 aliphatic heterocycles. The Morgan fingerprint density at radius 1 is 1.35 bits per heavy atom. The zero-order valence-corrected chi connectivity index (χ0v) is 15.9. The zero-order chi connectivity index (χ0) is 16.2. The van der Waals surface area contributed by atoms with E-state index in [1.54, 1.807) is 18.2 Å². The van der Waals surface area contributed by atoms with E-state index in [0.717, 1.165) is 23.7 Å². The van der Waals surface area contributed by atoms with Crippen molar-refractivity contribution in [1.82, 2.24) is 5.32 Å². The summed E-state index contributed by atoms with van der Waals surface area (Å²) in [6.45, 7) is 0.524. The van der Waals surface area contributed by atoms with Crippen LogP contribution in [0.25, 0.3) is 0 Å². The van der Waals surface area contributed by atoms with Crippen LogP contribution in [0.4, 0.5) is 0 Å². The summed E-state index contributed by atoms with van der Waals surface area (Å²) in [6.07, 6.45) is 2.89. The summed E-state index contributed by atoms with van der Waals surface area (Å²) in [4.78, 5) is 12.0. The van der Waals surface area contributed by atoms with E-state index in [0.29, 0.717) is 12.1 Å². The van der Waals surface area contributed by atoms with Gasteiger partial charge in [0.1, 0.15) is 5.75 Å². The molecule has 1 aromatic carbocycles. The minimum atomic E-state index is -3.48. The number of carbonyl (C=O) groups is 1. The van der Waals surface area contributed by atoms with E-state index < -0.39 is 21.5 Å². The first kappa shape index (κ1) is 20.4. The van der Waals surface area contributed by atoms with Crippen LogP contribution in [0.5, 0.6) is 0 Å². The van der Waals surface area contributed by atoms with Crippen LogP contribution in [0.1, 0.15) is 24.8 Å². The minimum Gasteiger partial charge on any atom is -0.352 e. The van der Waals surface area contributed by atoms with Crippen molar-refractivity contribution in [3.63, 3.8) is 0 Å². The average Bonchev–Trinajstić information content (AvgIpc) is 2.84. The molecule has 1 aromatic rings. The second-order valence-corrected chi connectivity index (χ2v) is 8.74. The van der Waals surface area contributed by atoms with Crippen molar-refractivity contribution in [3.8, 4) is 0 Å². The maximum Gasteiger partial charge on any atom is 0.235 e. The molecule has 1 saturated carbocycles. The zero-order valence-electron chi connectivity index (χ0n) is 12.7. The molecule has 1 aliphatic rings. The highest BCUT2D eigenvalue weighted by Gasteiger charge is 2.28. The van der Waals surface area contributed by atoms with Crippen molar-refractivity contribution in [3.05, 3.63) is 34.3 Å². The highest BCUT2D eigenvalue weighted by molar-refractivity contribution is 9.10. The number of carbonyl (C=O) groups excluding carboxylic acids is 1. The summed E-state index contributed by atoms with van der Waals surface area (Å²) in [5.41, 5.74) is 6.34. The smallest absolute Gasteiger partial charge is 0.235 e. The number of hydrogen-bond acceptors (Lipinski definition) is 4. The Labute approximate surface area is 151 Å². The number of benzene rings is 1. The quantitative estimate of drug-likeness (QED) is 0.730. The Hall–Kier alpha value is -0.630. The molecule has 3 N–H and O–H groups in total. The van der Waals surface area contributed by atoms with Gasteiger partial charge in [-0.05, 0) is 43.0 Å². The van der Waals surface area contributed by atoms with Gasteiger partial charge in [-0.1, -0.05) is 34.5 Å². The third-order valence-electron chi connectivity index (χ3n) is 3.93. The Balaban J connectivity index is 0.00000264. The molecule has 5 nitrogen and oxygen atoms in total. The lowest BCUT2D eigenvalue weighted by atomic mass is 10.0. The summed E-state index contributed by atoms with van der Waals surface area (Å²) in [7, 11) is -3.48. The van der Waals surface area contributed by atoms with Gasteiger partial charge in [-0.25, -0.2) is 8.42 Å². The summed E-state index contributed by atoms with van der Waals surface area (Å²) < 4.78 is 25.1. The van der Waals surface area contributed by atoms with Crippen LogP contribution in [-0.2, 0) is 20.4 Å². The maximum atomic E-state index is 12.1. The first-order chi connectivity index (χ1) is 10.4. The molecule has 0 aromatic heterocycles. The first-order valence-electron chi connectivity index (χ1n) is 7.34. The molecule has 2 atom stereocenters. The second-order valence-electron chi connectivity index (χ2n) is 5.76. The molecular formula is C15H22BrClN2O3S. The van der Waals surface area contributed by atoms with Crippen LogP contribution in [0.3, 0.4) is 0 Å². The van der Waals surface area contributed by atoms with Crippen molar-refractivity contribution in [2.45, 2.75) is 31.1 Å². The van der Waals surface area contributed by atoms with Gasteiger partial charge in [0.05, 0.1) is 5.75 Å². The van der Waals surface area contributed by atoms with Crippen LogP contribution in [0, 0.1) is 5.92 Å². The molecule has 0 spiro atoms. The molecule has 130 valence electrons. The van der Waals surface area contributed by atoms with Crippen LogP contribution in [-0.4, -0.2) is 32.7 Å². The predicted molar refractivity (Wildman–Crippen MR) is 97.2 cm³/mol. The molecule has 0 saturated heterocycles. The molecule has 2 unspecified atom stereocenters. The fourth-order valence-electron chi connectivity index (χ4n) is 2.89. The normalized spacial score (nSPS) is 20.8. The molecule has 1 fully saturated rings. The highest BCUT2D eigenvalue weighted by Crippen LogP contribution is 2.24. The SMILES string of the molecule is Cl.NCC1CCCC1NC(=O)CS(=O)(=O)Cc1cccc(Br)c1. The van der Waals surface area contributed by atoms with Crippen molar-refractivity contribution >= 4 is 44.1 Å². The Morgan fingerprint density at radius 2 is 2.09 bits per heavy atom. The van der Waals surface area contributed by atoms with Gasteiger partial charge in [0, 0.05) is 10.5 Å². The third-order valence-corrected chi connectivity index (χ3v) is 5.90. The Morgan fingerprint density at radius 3 is 2.74 bits per heavy atom. The van der Waals surface area contributed by atoms with Crippen molar-refractivity contribution in [1.29, 1.82) is 0 Å². The van der Waals surface area contributed by atoms with Crippen molar-refractivity contribution in [2.75, 3.05) is 12.3 Å². The van der Waals surface area contributed by atoms with E-state index in [1.807, 2.05) is 6.07 Å². The highest BCUT2D eigenvalue weighted by atomic mass is 79.9. The fourth-order valence-corrected chi connectivity index (χ4v) is 4.61. The lowest BCUT2D eigenvalue weighted by Gasteiger charge is -2.19. The van der Waals surface area contributed by atoms with Gasteiger partial charge in [-0.15, -0.1) is 12.4 Å². The van der Waals surface area contributed by atoms with Gasteiger partial charge in [-0.3, -0.25) is 4.79 Å². The molecule has 0 heterocycles. The van der Waals surface area contributed by atoms with Gasteiger partial charge < -0.3 is 11.1 Å². The lowest BCUT2D eigenvalue weighted by Crippen LogP contribution is -2.42. The van der Waals surface area contributed by atoms with Crippen LogP contribution < -0.4 is 11.1 Å². The number of rotatable bonds is 6. The molecule has 1 aliphatic carbocycles. The predicted octanol–water partition coefficient (Wildman–Crippen LogP) is 2.03. The van der Waals surface area contributed by atoms with Crippen molar-refractivity contribution < 1.29 is 13.2 Å². The minimum absolute atomic E-state index is 0. The van der Waals surface area contributed by atoms with E-state index in [4.69, 9.17) is 5.73 Å². The lowest BCUT2D eigenvalue weighted by molar-refractivity contribution is -0.119. The number of hydrogen-bond donors (Lipinski definition) is 2. The second kappa shape index (κ2) is 9.01. The fraction of sp³-hybridized carbons (Fsp3) is 0.533. The number of halogens is 2. The molecule has 23 heavy (non-hydrogen) atoms. The van der Waals surface area contributed by atoms with Gasteiger partial charge in [0.25, 0.3) is 0 Å². The summed E-state index contributed by atoms with van der Waals surface area (Å²) in [5.74, 6) is -0.782. The molecule has 2 rings (SSSR count). The van der Waals surface area contributed by atoms with Gasteiger partial charge in [0.15, 0.2) is 9.84 Å². The third kappa shape index (κ3) is 6.41. The van der Waals surface area contributed by atoms with E-state index in [9.17, 15) is 13.2 Å². The standard InChI is InChI=1S/C15H21BrN2O3S.ClH/c16-13-5-1-3-11(7-13)9-22(20,21)10-15(19)18-14-6-2-4-12(14)8-17;/h1,3,5,7,12,14H,2,4,6,8-10,17H2,(H,18,19);1H. The van der Waals surface area contributed by atoms with Gasteiger partial charge >= 0.3 is 0 Å².